The summed E-state index contributed by atoms with van der Waals surface area (Å²) < 4.78 is 0. The van der Waals surface area contributed by atoms with Crippen LogP contribution in [0.15, 0.2) is 104 Å². The van der Waals surface area contributed by atoms with E-state index in [9.17, 15) is 0 Å². The number of anilines is 1. The van der Waals surface area contributed by atoms with Gasteiger partial charge in [-0.15, -0.1) is 0 Å². The minimum Gasteiger partial charge on any atom is -0.353 e. The van der Waals surface area contributed by atoms with Crippen LogP contribution in [-0.4, -0.2) is 27.5 Å². The Morgan fingerprint density at radius 2 is 1.55 bits per heavy atom. The molecule has 5 rings (SSSR count). The fourth-order valence-electron chi connectivity index (χ4n) is 3.98. The van der Waals surface area contributed by atoms with Gasteiger partial charge >= 0.3 is 0 Å². The molecule has 0 bridgehead atoms. The Bertz CT molecular complexity index is 1350. The first-order valence-electron chi connectivity index (χ1n) is 11.1. The largest absolute Gasteiger partial charge is 0.353 e. The molecule has 0 amide bonds. The number of nitrogens with two attached hydrogens (primary N) is 1. The van der Waals surface area contributed by atoms with E-state index in [1.807, 2.05) is 36.5 Å². The van der Waals surface area contributed by atoms with E-state index < -0.39 is 0 Å². The molecule has 5 aromatic rings. The van der Waals surface area contributed by atoms with Crippen molar-refractivity contribution in [3.63, 3.8) is 0 Å². The SMILES string of the molecule is NC(CNc1ncc(-c2ccc3ccccc3c2)c(-c2ccncc2)n1)Cc1ccccc1. The summed E-state index contributed by atoms with van der Waals surface area (Å²) in [6.45, 7) is 0.583. The van der Waals surface area contributed by atoms with Gasteiger partial charge in [-0.3, -0.25) is 4.98 Å². The Hall–Kier alpha value is -4.09. The van der Waals surface area contributed by atoms with Crippen LogP contribution >= 0.6 is 0 Å². The first kappa shape index (κ1) is 20.8. The number of hydrogen-bond acceptors (Lipinski definition) is 5. The lowest BCUT2D eigenvalue weighted by molar-refractivity contribution is 0.696. The molecular formula is C28H25N5. The van der Waals surface area contributed by atoms with Crippen molar-refractivity contribution < 1.29 is 0 Å². The van der Waals surface area contributed by atoms with Crippen LogP contribution in [0, 0.1) is 0 Å². The van der Waals surface area contributed by atoms with Gasteiger partial charge in [0.15, 0.2) is 0 Å². The van der Waals surface area contributed by atoms with Gasteiger partial charge in [0, 0.05) is 42.3 Å². The highest BCUT2D eigenvalue weighted by atomic mass is 15.1. The first-order valence-corrected chi connectivity index (χ1v) is 11.1. The van der Waals surface area contributed by atoms with Gasteiger partial charge in [-0.25, -0.2) is 9.97 Å². The maximum Gasteiger partial charge on any atom is 0.223 e. The van der Waals surface area contributed by atoms with Crippen LogP contribution < -0.4 is 11.1 Å². The lowest BCUT2D eigenvalue weighted by Gasteiger charge is -2.15. The molecule has 5 nitrogen and oxygen atoms in total. The third kappa shape index (κ3) is 4.89. The molecule has 3 aromatic carbocycles. The van der Waals surface area contributed by atoms with Crippen molar-refractivity contribution in [1.29, 1.82) is 0 Å². The van der Waals surface area contributed by atoms with Crippen LogP contribution in [0.3, 0.4) is 0 Å². The molecule has 0 aliphatic carbocycles. The number of aromatic nitrogens is 3. The Kier molecular flexibility index (Phi) is 6.04. The Morgan fingerprint density at radius 1 is 0.788 bits per heavy atom. The topological polar surface area (TPSA) is 76.7 Å². The van der Waals surface area contributed by atoms with Crippen molar-refractivity contribution in [2.75, 3.05) is 11.9 Å². The Labute approximate surface area is 193 Å². The van der Waals surface area contributed by atoms with Gasteiger partial charge in [-0.2, -0.15) is 0 Å². The second-order valence-corrected chi connectivity index (χ2v) is 8.08. The van der Waals surface area contributed by atoms with Crippen LogP contribution in [0.4, 0.5) is 5.95 Å². The molecule has 162 valence electrons. The van der Waals surface area contributed by atoms with E-state index in [2.05, 4.69) is 69.9 Å². The normalized spacial score (nSPS) is 11.9. The molecule has 0 spiro atoms. The van der Waals surface area contributed by atoms with Gasteiger partial charge in [-0.1, -0.05) is 66.7 Å². The summed E-state index contributed by atoms with van der Waals surface area (Å²) >= 11 is 0. The van der Waals surface area contributed by atoms with Crippen molar-refractivity contribution >= 4 is 16.7 Å². The van der Waals surface area contributed by atoms with Gasteiger partial charge in [0.05, 0.1) is 5.69 Å². The van der Waals surface area contributed by atoms with Crippen molar-refractivity contribution in [1.82, 2.24) is 15.0 Å². The molecule has 1 atom stereocenters. The van der Waals surface area contributed by atoms with Crippen molar-refractivity contribution in [3.8, 4) is 22.4 Å². The molecule has 3 N–H and O–H groups in total. The number of rotatable bonds is 7. The second-order valence-electron chi connectivity index (χ2n) is 8.08. The predicted molar refractivity (Wildman–Crippen MR) is 135 cm³/mol. The van der Waals surface area contributed by atoms with E-state index in [0.717, 1.165) is 28.8 Å². The molecule has 0 aliphatic heterocycles. The molecule has 0 saturated carbocycles. The molecule has 0 saturated heterocycles. The van der Waals surface area contributed by atoms with Crippen LogP contribution in [0.25, 0.3) is 33.2 Å². The molecule has 2 heterocycles. The summed E-state index contributed by atoms with van der Waals surface area (Å²) in [6.07, 6.45) is 6.24. The van der Waals surface area contributed by atoms with Gasteiger partial charge in [0.25, 0.3) is 0 Å². The van der Waals surface area contributed by atoms with Gasteiger partial charge in [0.1, 0.15) is 0 Å². The lowest BCUT2D eigenvalue weighted by Crippen LogP contribution is -2.31. The fraction of sp³-hybridized carbons (Fsp3) is 0.107. The number of hydrogen-bond donors (Lipinski definition) is 2. The molecule has 2 aromatic heterocycles. The maximum absolute atomic E-state index is 6.35. The van der Waals surface area contributed by atoms with E-state index in [-0.39, 0.29) is 6.04 Å². The predicted octanol–water partition coefficient (Wildman–Crippen LogP) is 5.34. The molecule has 0 fully saturated rings. The van der Waals surface area contributed by atoms with Crippen LogP contribution in [0.5, 0.6) is 0 Å². The van der Waals surface area contributed by atoms with Gasteiger partial charge < -0.3 is 11.1 Å². The average molecular weight is 432 g/mol. The first-order chi connectivity index (χ1) is 16.3. The van der Waals surface area contributed by atoms with Crippen molar-refractivity contribution in [3.05, 3.63) is 109 Å². The molecule has 1 unspecified atom stereocenters. The number of nitrogens with one attached hydrogen (secondary N) is 1. The number of pyridine rings is 1. The van der Waals surface area contributed by atoms with Gasteiger partial charge in [-0.05, 0) is 46.5 Å². The highest BCUT2D eigenvalue weighted by Gasteiger charge is 2.13. The minimum absolute atomic E-state index is 0.0412. The van der Waals surface area contributed by atoms with Crippen LogP contribution in [-0.2, 0) is 6.42 Å². The molecule has 0 radical (unpaired) electrons. The Morgan fingerprint density at radius 3 is 2.36 bits per heavy atom. The van der Waals surface area contributed by atoms with Crippen LogP contribution in [0.1, 0.15) is 5.56 Å². The minimum atomic E-state index is -0.0412. The summed E-state index contributed by atoms with van der Waals surface area (Å²) in [5.41, 5.74) is 11.5. The number of nitrogens with zero attached hydrogens (tertiary/aromatic N) is 3. The van der Waals surface area contributed by atoms with Crippen LogP contribution in [0.2, 0.25) is 0 Å². The summed E-state index contributed by atoms with van der Waals surface area (Å²) in [7, 11) is 0. The second kappa shape index (κ2) is 9.59. The molecule has 5 heteroatoms. The monoisotopic (exact) mass is 431 g/mol. The van der Waals surface area contributed by atoms with E-state index in [4.69, 9.17) is 10.7 Å². The molecule has 33 heavy (non-hydrogen) atoms. The molecular weight excluding hydrogens is 406 g/mol. The quantitative estimate of drug-likeness (QED) is 0.364. The summed E-state index contributed by atoms with van der Waals surface area (Å²) in [5.74, 6) is 0.565. The van der Waals surface area contributed by atoms with E-state index in [0.29, 0.717) is 12.5 Å². The van der Waals surface area contributed by atoms with E-state index in [1.165, 1.54) is 16.3 Å². The standard InChI is InChI=1S/C28H25N5/c29-25(16-20-6-2-1-3-7-20)18-31-28-32-19-26(27(33-28)22-12-14-30-15-13-22)24-11-10-21-8-4-5-9-23(21)17-24/h1-15,17,19,25H,16,18,29H2,(H,31,32,33). The van der Waals surface area contributed by atoms with Crippen molar-refractivity contribution in [2.24, 2.45) is 5.73 Å². The van der Waals surface area contributed by atoms with E-state index in [1.54, 1.807) is 12.4 Å². The third-order valence-electron chi connectivity index (χ3n) is 5.67. The lowest BCUT2D eigenvalue weighted by atomic mass is 9.98. The summed E-state index contributed by atoms with van der Waals surface area (Å²) in [4.78, 5) is 13.6. The highest BCUT2D eigenvalue weighted by molar-refractivity contribution is 5.90. The van der Waals surface area contributed by atoms with Gasteiger partial charge in [0.2, 0.25) is 5.95 Å². The zero-order valence-corrected chi connectivity index (χ0v) is 18.2. The van der Waals surface area contributed by atoms with Crippen molar-refractivity contribution in [2.45, 2.75) is 12.5 Å². The summed E-state index contributed by atoms with van der Waals surface area (Å²) in [6, 6.07) is 28.9. The average Bonchev–Trinajstić information content (AvgIpc) is 2.88. The smallest absolute Gasteiger partial charge is 0.223 e. The number of benzene rings is 3. The maximum atomic E-state index is 6.35. The molecule has 0 aliphatic rings. The fourth-order valence-corrected chi connectivity index (χ4v) is 3.98. The number of fused-ring (bicyclic) bond motifs is 1. The van der Waals surface area contributed by atoms with E-state index >= 15 is 0 Å². The third-order valence-corrected chi connectivity index (χ3v) is 5.67. The zero-order valence-electron chi connectivity index (χ0n) is 18.2. The Balaban J connectivity index is 1.43. The highest BCUT2D eigenvalue weighted by Crippen LogP contribution is 2.32. The zero-order chi connectivity index (χ0) is 22.5. The summed E-state index contributed by atoms with van der Waals surface area (Å²) in [5, 5.41) is 5.71.